The summed E-state index contributed by atoms with van der Waals surface area (Å²) in [6.45, 7) is 2.64. The van der Waals surface area contributed by atoms with Crippen molar-refractivity contribution in [2.45, 2.75) is 25.4 Å². The minimum absolute atomic E-state index is 0.0130. The molecule has 8 heteroatoms. The third-order valence-electron chi connectivity index (χ3n) is 6.59. The van der Waals surface area contributed by atoms with E-state index in [-0.39, 0.29) is 23.3 Å². The summed E-state index contributed by atoms with van der Waals surface area (Å²) in [5.41, 5.74) is 2.22. The number of fused-ring (bicyclic) bond motifs is 3. The van der Waals surface area contributed by atoms with Gasteiger partial charge in [0.2, 0.25) is 5.91 Å². The Kier molecular flexibility index (Phi) is 5.07. The van der Waals surface area contributed by atoms with E-state index >= 15 is 0 Å². The molecule has 2 aromatic carbocycles. The molecule has 1 aromatic heterocycles. The molecule has 8 nitrogen and oxygen atoms in total. The van der Waals surface area contributed by atoms with Crippen LogP contribution in [-0.2, 0) is 11.3 Å². The first-order chi connectivity index (χ1) is 15.0. The molecule has 31 heavy (non-hydrogen) atoms. The molecule has 4 N–H and O–H groups in total. The lowest BCUT2D eigenvalue weighted by atomic mass is 9.75. The van der Waals surface area contributed by atoms with E-state index < -0.39 is 0 Å². The highest BCUT2D eigenvalue weighted by molar-refractivity contribution is 5.93. The molecule has 0 saturated carbocycles. The van der Waals surface area contributed by atoms with Crippen molar-refractivity contribution in [2.24, 2.45) is 11.8 Å². The second-order valence-corrected chi connectivity index (χ2v) is 8.62. The predicted octanol–water partition coefficient (Wildman–Crippen LogP) is 1.29. The van der Waals surface area contributed by atoms with Crippen molar-refractivity contribution in [2.75, 3.05) is 18.4 Å². The molecule has 0 radical (unpaired) electrons. The molecule has 3 fully saturated rings. The molecule has 1 unspecified atom stereocenters. The number of carbonyl (C=O) groups is 1. The summed E-state index contributed by atoms with van der Waals surface area (Å²) in [4.78, 5) is 14.3. The molecule has 4 heterocycles. The number of rotatable bonds is 5. The van der Waals surface area contributed by atoms with Gasteiger partial charge in [-0.15, -0.1) is 5.10 Å². The van der Waals surface area contributed by atoms with Crippen molar-refractivity contribution in [1.82, 2.24) is 15.0 Å². The summed E-state index contributed by atoms with van der Waals surface area (Å²) < 4.78 is 1.87. The molecule has 4 atom stereocenters. The minimum Gasteiger partial charge on any atom is -0.508 e. The number of nitrogens with one attached hydrogen (secondary N) is 2. The third-order valence-corrected chi connectivity index (χ3v) is 6.59. The first-order valence-electron chi connectivity index (χ1n) is 10.7. The summed E-state index contributed by atoms with van der Waals surface area (Å²) in [5, 5.41) is 30.8. The lowest BCUT2D eigenvalue weighted by Gasteiger charge is -2.46. The number of hydrogen-bond donors (Lipinski definition) is 4. The van der Waals surface area contributed by atoms with Gasteiger partial charge in [0.25, 0.3) is 0 Å². The lowest BCUT2D eigenvalue weighted by Crippen LogP contribution is -3.20. The maximum atomic E-state index is 12.9. The van der Waals surface area contributed by atoms with E-state index in [2.05, 4.69) is 15.6 Å². The van der Waals surface area contributed by atoms with Gasteiger partial charge in [0, 0.05) is 30.2 Å². The standard InChI is InChI=1S/C23H25N5O3/c29-19-5-1-3-16(10-19)22-14-28(26-25-22)12-18-9-15-7-8-27(18)13-21(15)23(31)24-17-4-2-6-20(30)11-17/h1-6,10-11,14-15,18,21,29-30H,7-9,12-13H2,(H,24,31)/p+1/t15-,18+,21-/m0/s1. The number of piperidine rings is 3. The smallest absolute Gasteiger partial charge is 0.233 e. The Hall–Kier alpha value is -3.39. The molecule has 6 rings (SSSR count). The average Bonchev–Trinajstić information content (AvgIpc) is 3.23. The zero-order chi connectivity index (χ0) is 21.4. The van der Waals surface area contributed by atoms with Crippen molar-refractivity contribution in [3.63, 3.8) is 0 Å². The fourth-order valence-corrected chi connectivity index (χ4v) is 5.05. The Balaban J connectivity index is 1.23. The average molecular weight is 420 g/mol. The number of benzene rings is 2. The molecule has 3 aliphatic rings. The number of quaternary nitrogens is 1. The maximum absolute atomic E-state index is 12.9. The third kappa shape index (κ3) is 4.11. The summed E-state index contributed by atoms with van der Waals surface area (Å²) in [6.07, 6.45) is 3.95. The van der Waals surface area contributed by atoms with Gasteiger partial charge in [-0.2, -0.15) is 0 Å². The number of aromatic hydroxyl groups is 2. The zero-order valence-corrected chi connectivity index (χ0v) is 17.1. The van der Waals surface area contributed by atoms with Crippen LogP contribution in [0, 0.1) is 11.8 Å². The van der Waals surface area contributed by atoms with Crippen LogP contribution in [0.1, 0.15) is 12.8 Å². The van der Waals surface area contributed by atoms with Gasteiger partial charge in [0.1, 0.15) is 23.2 Å². The molecule has 1 amide bonds. The molecular weight excluding hydrogens is 394 g/mol. The van der Waals surface area contributed by atoms with E-state index in [0.717, 1.165) is 43.7 Å². The molecule has 0 aliphatic carbocycles. The van der Waals surface area contributed by atoms with Crippen molar-refractivity contribution in [1.29, 1.82) is 0 Å². The fraction of sp³-hybridized carbons (Fsp3) is 0.348. The van der Waals surface area contributed by atoms with Gasteiger partial charge in [-0.05, 0) is 30.2 Å². The number of phenolic OH excluding ortho intramolecular Hbond substituents is 2. The van der Waals surface area contributed by atoms with Crippen LogP contribution in [-0.4, -0.2) is 50.2 Å². The van der Waals surface area contributed by atoms with Gasteiger partial charge in [-0.3, -0.25) is 4.79 Å². The molecule has 160 valence electrons. The summed E-state index contributed by atoms with van der Waals surface area (Å²) >= 11 is 0. The van der Waals surface area contributed by atoms with Crippen LogP contribution in [0.25, 0.3) is 11.3 Å². The van der Waals surface area contributed by atoms with Gasteiger partial charge in [0.15, 0.2) is 0 Å². The molecular formula is C23H26N5O3+. The first kappa shape index (κ1) is 19.6. The Morgan fingerprint density at radius 2 is 1.97 bits per heavy atom. The van der Waals surface area contributed by atoms with E-state index in [0.29, 0.717) is 17.6 Å². The topological polar surface area (TPSA) is 105 Å². The van der Waals surface area contributed by atoms with E-state index in [9.17, 15) is 15.0 Å². The van der Waals surface area contributed by atoms with Crippen molar-refractivity contribution < 1.29 is 19.9 Å². The van der Waals surface area contributed by atoms with Crippen LogP contribution < -0.4 is 10.2 Å². The van der Waals surface area contributed by atoms with Crippen LogP contribution in [0.15, 0.2) is 54.7 Å². The number of anilines is 1. The minimum atomic E-state index is -0.0130. The zero-order valence-electron chi connectivity index (χ0n) is 17.1. The van der Waals surface area contributed by atoms with E-state index in [1.807, 2.05) is 16.9 Å². The van der Waals surface area contributed by atoms with Crippen molar-refractivity contribution >= 4 is 11.6 Å². The Labute approximate surface area is 180 Å². The SMILES string of the molecule is O=C(Nc1cccc(O)c1)[C@H]1C[NH+]2CC[C@H]1C[C@@H]2Cn1cc(-c2cccc(O)c2)nn1. The number of carbonyl (C=O) groups excluding carboxylic acids is 1. The number of phenols is 2. The van der Waals surface area contributed by atoms with Crippen LogP contribution in [0.2, 0.25) is 0 Å². The van der Waals surface area contributed by atoms with Crippen LogP contribution in [0.4, 0.5) is 5.69 Å². The predicted molar refractivity (Wildman–Crippen MR) is 115 cm³/mol. The molecule has 3 aliphatic heterocycles. The lowest BCUT2D eigenvalue weighted by molar-refractivity contribution is -0.945. The second kappa shape index (κ2) is 8.03. The van der Waals surface area contributed by atoms with E-state index in [1.165, 1.54) is 4.90 Å². The summed E-state index contributed by atoms with van der Waals surface area (Å²) in [7, 11) is 0. The Bertz CT molecular complexity index is 1100. The van der Waals surface area contributed by atoms with Gasteiger partial charge in [0.05, 0.1) is 31.7 Å². The number of nitrogens with zero attached hydrogens (tertiary/aromatic N) is 3. The van der Waals surface area contributed by atoms with Crippen molar-refractivity contribution in [3.8, 4) is 22.8 Å². The van der Waals surface area contributed by atoms with Crippen molar-refractivity contribution in [3.05, 3.63) is 54.7 Å². The maximum Gasteiger partial charge on any atom is 0.233 e. The van der Waals surface area contributed by atoms with Gasteiger partial charge < -0.3 is 20.4 Å². The second-order valence-electron chi connectivity index (χ2n) is 8.62. The largest absolute Gasteiger partial charge is 0.508 e. The quantitative estimate of drug-likeness (QED) is 0.498. The highest BCUT2D eigenvalue weighted by atomic mass is 16.3. The summed E-state index contributed by atoms with van der Waals surface area (Å²) in [6, 6.07) is 14.1. The van der Waals surface area contributed by atoms with Crippen LogP contribution >= 0.6 is 0 Å². The van der Waals surface area contributed by atoms with Gasteiger partial charge in [-0.1, -0.05) is 23.4 Å². The Morgan fingerprint density at radius 1 is 1.16 bits per heavy atom. The fourth-order valence-electron chi connectivity index (χ4n) is 5.05. The monoisotopic (exact) mass is 420 g/mol. The van der Waals surface area contributed by atoms with Gasteiger partial charge in [-0.25, -0.2) is 4.68 Å². The normalized spacial score (nSPS) is 24.8. The van der Waals surface area contributed by atoms with E-state index in [4.69, 9.17) is 0 Å². The molecule has 2 bridgehead atoms. The summed E-state index contributed by atoms with van der Waals surface area (Å²) in [5.74, 6) is 0.741. The highest BCUT2D eigenvalue weighted by Crippen LogP contribution is 2.29. The molecule has 0 spiro atoms. The number of aromatic nitrogens is 3. The Morgan fingerprint density at radius 3 is 2.71 bits per heavy atom. The van der Waals surface area contributed by atoms with Crippen LogP contribution in [0.3, 0.4) is 0 Å². The van der Waals surface area contributed by atoms with Crippen LogP contribution in [0.5, 0.6) is 11.5 Å². The first-order valence-corrected chi connectivity index (χ1v) is 10.7. The highest BCUT2D eigenvalue weighted by Gasteiger charge is 2.46. The number of hydrogen-bond acceptors (Lipinski definition) is 5. The van der Waals surface area contributed by atoms with E-state index in [1.54, 1.807) is 42.5 Å². The van der Waals surface area contributed by atoms with Gasteiger partial charge >= 0.3 is 0 Å². The number of amides is 1. The molecule has 3 saturated heterocycles. The molecule has 3 aromatic rings.